The summed E-state index contributed by atoms with van der Waals surface area (Å²) in [5.74, 6) is -0.180. The Labute approximate surface area is 191 Å². The fraction of sp³-hybridized carbons (Fsp3) is 0.391. The van der Waals surface area contributed by atoms with E-state index in [0.717, 1.165) is 42.6 Å². The summed E-state index contributed by atoms with van der Waals surface area (Å²) in [7, 11) is -3.58. The van der Waals surface area contributed by atoms with Crippen LogP contribution in [0.3, 0.4) is 0 Å². The van der Waals surface area contributed by atoms with E-state index >= 15 is 0 Å². The van der Waals surface area contributed by atoms with Crippen LogP contribution in [0.25, 0.3) is 10.2 Å². The highest BCUT2D eigenvalue weighted by atomic mass is 32.2. The van der Waals surface area contributed by atoms with Crippen LogP contribution in [0.4, 0.5) is 5.69 Å². The van der Waals surface area contributed by atoms with Gasteiger partial charge in [0.25, 0.3) is 0 Å². The standard InChI is InChI=1S/C23H27N3O4S2/c1-17-6-8-18(9-7-17)24-22(27)12-15-26-20-11-10-19(16-21(20)31-23(26)28)32(29,30)25-13-4-2-3-5-14-25/h6-11,16H,2-5,12-15H2,1H3,(H,24,27). The van der Waals surface area contributed by atoms with Gasteiger partial charge < -0.3 is 5.32 Å². The molecular formula is C23H27N3O4S2. The molecule has 4 rings (SSSR count). The normalized spacial score (nSPS) is 15.5. The maximum atomic E-state index is 13.1. The molecule has 32 heavy (non-hydrogen) atoms. The number of benzene rings is 2. The Hall–Kier alpha value is -2.49. The van der Waals surface area contributed by atoms with E-state index in [2.05, 4.69) is 5.32 Å². The summed E-state index contributed by atoms with van der Waals surface area (Å²) < 4.78 is 29.9. The fourth-order valence-electron chi connectivity index (χ4n) is 3.92. The summed E-state index contributed by atoms with van der Waals surface area (Å²) in [6.07, 6.45) is 3.99. The van der Waals surface area contributed by atoms with E-state index in [4.69, 9.17) is 0 Å². The number of carbonyl (C=O) groups is 1. The molecule has 0 bridgehead atoms. The van der Waals surface area contributed by atoms with Crippen molar-refractivity contribution in [1.29, 1.82) is 0 Å². The quantitative estimate of drug-likeness (QED) is 0.587. The maximum Gasteiger partial charge on any atom is 0.308 e. The van der Waals surface area contributed by atoms with E-state index in [0.29, 0.717) is 29.0 Å². The molecule has 1 saturated heterocycles. The highest BCUT2D eigenvalue weighted by Crippen LogP contribution is 2.26. The van der Waals surface area contributed by atoms with Crippen molar-refractivity contribution in [2.45, 2.75) is 50.5 Å². The van der Waals surface area contributed by atoms with Crippen molar-refractivity contribution in [1.82, 2.24) is 8.87 Å². The molecule has 170 valence electrons. The predicted molar refractivity (Wildman–Crippen MR) is 128 cm³/mol. The Bertz CT molecular complexity index is 1270. The Balaban J connectivity index is 1.50. The summed E-state index contributed by atoms with van der Waals surface area (Å²) in [4.78, 5) is 24.9. The monoisotopic (exact) mass is 473 g/mol. The van der Waals surface area contributed by atoms with Crippen LogP contribution in [-0.4, -0.2) is 36.3 Å². The van der Waals surface area contributed by atoms with Gasteiger partial charge in [-0.25, -0.2) is 8.42 Å². The number of hydrogen-bond acceptors (Lipinski definition) is 5. The second kappa shape index (κ2) is 9.56. The number of carbonyl (C=O) groups excluding carboxylic acids is 1. The number of nitrogens with zero attached hydrogens (tertiary/aromatic N) is 2. The molecule has 0 atom stereocenters. The van der Waals surface area contributed by atoms with Crippen molar-refractivity contribution in [3.8, 4) is 0 Å². The molecule has 7 nitrogen and oxygen atoms in total. The van der Waals surface area contributed by atoms with Crippen LogP contribution in [0.2, 0.25) is 0 Å². The lowest BCUT2D eigenvalue weighted by Crippen LogP contribution is -2.31. The van der Waals surface area contributed by atoms with Gasteiger partial charge in [-0.2, -0.15) is 4.31 Å². The minimum atomic E-state index is -3.58. The number of hydrogen-bond donors (Lipinski definition) is 1. The van der Waals surface area contributed by atoms with Gasteiger partial charge in [-0.15, -0.1) is 0 Å². The van der Waals surface area contributed by atoms with Crippen molar-refractivity contribution in [2.75, 3.05) is 18.4 Å². The molecule has 0 unspecified atom stereocenters. The van der Waals surface area contributed by atoms with Crippen LogP contribution in [0.15, 0.2) is 52.2 Å². The highest BCUT2D eigenvalue weighted by Gasteiger charge is 2.26. The molecule has 1 fully saturated rings. The molecule has 1 N–H and O–H groups in total. The number of amides is 1. The zero-order valence-corrected chi connectivity index (χ0v) is 19.7. The first-order valence-corrected chi connectivity index (χ1v) is 13.1. The topological polar surface area (TPSA) is 88.5 Å². The lowest BCUT2D eigenvalue weighted by atomic mass is 10.2. The molecule has 0 spiro atoms. The minimum Gasteiger partial charge on any atom is -0.326 e. The summed E-state index contributed by atoms with van der Waals surface area (Å²) in [5.41, 5.74) is 2.47. The molecule has 1 aromatic heterocycles. The number of aryl methyl sites for hydroxylation is 2. The van der Waals surface area contributed by atoms with Gasteiger partial charge in [0, 0.05) is 31.7 Å². The van der Waals surface area contributed by atoms with Crippen LogP contribution in [-0.2, 0) is 21.4 Å². The first-order valence-electron chi connectivity index (χ1n) is 10.8. The molecule has 0 radical (unpaired) electrons. The Morgan fingerprint density at radius 1 is 1.03 bits per heavy atom. The molecule has 0 aliphatic carbocycles. The maximum absolute atomic E-state index is 13.1. The third-order valence-corrected chi connectivity index (χ3v) is 8.58. The van der Waals surface area contributed by atoms with Gasteiger partial charge in [0.1, 0.15) is 0 Å². The van der Waals surface area contributed by atoms with Gasteiger partial charge in [0.05, 0.1) is 15.1 Å². The summed E-state index contributed by atoms with van der Waals surface area (Å²) in [6.45, 7) is 3.28. The first kappa shape index (κ1) is 22.7. The van der Waals surface area contributed by atoms with Crippen LogP contribution in [0, 0.1) is 6.92 Å². The number of rotatable bonds is 6. The molecule has 1 aliphatic heterocycles. The third-order valence-electron chi connectivity index (χ3n) is 5.74. The lowest BCUT2D eigenvalue weighted by Gasteiger charge is -2.19. The van der Waals surface area contributed by atoms with Gasteiger partial charge in [0.15, 0.2) is 0 Å². The Kier molecular flexibility index (Phi) is 6.78. The molecule has 2 aromatic carbocycles. The number of thiazole rings is 1. The molecule has 0 saturated carbocycles. The van der Waals surface area contributed by atoms with E-state index in [-0.39, 0.29) is 28.6 Å². The minimum absolute atomic E-state index is 0.146. The molecule has 9 heteroatoms. The van der Waals surface area contributed by atoms with Crippen LogP contribution >= 0.6 is 11.3 Å². The largest absolute Gasteiger partial charge is 0.326 e. The van der Waals surface area contributed by atoms with E-state index < -0.39 is 10.0 Å². The fourth-order valence-corrected chi connectivity index (χ4v) is 6.50. The number of sulfonamides is 1. The average Bonchev–Trinajstić information content (AvgIpc) is 2.93. The van der Waals surface area contributed by atoms with E-state index in [1.165, 1.54) is 4.57 Å². The summed E-state index contributed by atoms with van der Waals surface area (Å²) in [5, 5.41) is 2.83. The smallest absolute Gasteiger partial charge is 0.308 e. The number of nitrogens with one attached hydrogen (secondary N) is 1. The number of fused-ring (bicyclic) bond motifs is 1. The van der Waals surface area contributed by atoms with Gasteiger partial charge in [-0.05, 0) is 50.1 Å². The van der Waals surface area contributed by atoms with Crippen molar-refractivity contribution in [3.05, 3.63) is 57.7 Å². The predicted octanol–water partition coefficient (Wildman–Crippen LogP) is 3.96. The molecule has 1 amide bonds. The van der Waals surface area contributed by atoms with E-state index in [1.807, 2.05) is 31.2 Å². The number of anilines is 1. The van der Waals surface area contributed by atoms with E-state index in [9.17, 15) is 18.0 Å². The van der Waals surface area contributed by atoms with Gasteiger partial charge >= 0.3 is 4.87 Å². The molecule has 2 heterocycles. The zero-order chi connectivity index (χ0) is 22.7. The molecule has 1 aliphatic rings. The van der Waals surface area contributed by atoms with Crippen molar-refractivity contribution in [3.63, 3.8) is 0 Å². The third kappa shape index (κ3) is 4.95. The van der Waals surface area contributed by atoms with Gasteiger partial charge in [0.2, 0.25) is 15.9 Å². The van der Waals surface area contributed by atoms with Crippen molar-refractivity contribution < 1.29 is 13.2 Å². The Morgan fingerprint density at radius 3 is 2.41 bits per heavy atom. The zero-order valence-electron chi connectivity index (χ0n) is 18.0. The average molecular weight is 474 g/mol. The van der Waals surface area contributed by atoms with Gasteiger partial charge in [-0.1, -0.05) is 41.9 Å². The summed E-state index contributed by atoms with van der Waals surface area (Å²) in [6, 6.07) is 12.3. The lowest BCUT2D eigenvalue weighted by molar-refractivity contribution is -0.116. The van der Waals surface area contributed by atoms with Crippen LogP contribution < -0.4 is 10.2 Å². The van der Waals surface area contributed by atoms with Crippen LogP contribution in [0.5, 0.6) is 0 Å². The second-order valence-electron chi connectivity index (χ2n) is 8.13. The second-order valence-corrected chi connectivity index (χ2v) is 11.1. The Morgan fingerprint density at radius 2 is 1.72 bits per heavy atom. The molecular weight excluding hydrogens is 446 g/mol. The van der Waals surface area contributed by atoms with E-state index in [1.54, 1.807) is 22.5 Å². The van der Waals surface area contributed by atoms with Crippen LogP contribution in [0.1, 0.15) is 37.7 Å². The number of aromatic nitrogens is 1. The first-order chi connectivity index (χ1) is 15.3. The van der Waals surface area contributed by atoms with Gasteiger partial charge in [-0.3, -0.25) is 14.2 Å². The summed E-state index contributed by atoms with van der Waals surface area (Å²) >= 11 is 1.01. The van der Waals surface area contributed by atoms with Crippen molar-refractivity contribution in [2.24, 2.45) is 0 Å². The molecule has 3 aromatic rings. The SMILES string of the molecule is Cc1ccc(NC(=O)CCn2c(=O)sc3cc(S(=O)(=O)N4CCCCCC4)ccc32)cc1. The van der Waals surface area contributed by atoms with Crippen molar-refractivity contribution >= 4 is 43.2 Å². The highest BCUT2D eigenvalue weighted by molar-refractivity contribution is 7.89.